The van der Waals surface area contributed by atoms with Crippen molar-refractivity contribution in [3.8, 4) is 0 Å². The number of carbonyl (C=O) groups is 2. The zero-order valence-corrected chi connectivity index (χ0v) is 15.6. The van der Waals surface area contributed by atoms with Crippen LogP contribution in [0.5, 0.6) is 0 Å². The second-order valence-corrected chi connectivity index (χ2v) is 8.85. The van der Waals surface area contributed by atoms with E-state index in [1.54, 1.807) is 27.7 Å². The molecule has 1 aliphatic rings. The number of ether oxygens (including phenoxy) is 2. The fourth-order valence-corrected chi connectivity index (χ4v) is 2.57. The van der Waals surface area contributed by atoms with Gasteiger partial charge in [0.25, 0.3) is 10.1 Å². The highest BCUT2D eigenvalue weighted by Crippen LogP contribution is 2.30. The van der Waals surface area contributed by atoms with Gasteiger partial charge >= 0.3 is 11.9 Å². The van der Waals surface area contributed by atoms with Crippen molar-refractivity contribution in [2.24, 2.45) is 11.3 Å². The largest absolute Gasteiger partial charge is 0.460 e. The Kier molecular flexibility index (Phi) is 6.58. The molecule has 8 heteroatoms. The van der Waals surface area contributed by atoms with Gasteiger partial charge in [0.15, 0.2) is 0 Å². The van der Waals surface area contributed by atoms with Crippen molar-refractivity contribution in [3.63, 3.8) is 0 Å². The van der Waals surface area contributed by atoms with Gasteiger partial charge in [0.1, 0.15) is 18.8 Å². The molecule has 0 aromatic carbocycles. The van der Waals surface area contributed by atoms with Crippen LogP contribution in [0.25, 0.3) is 0 Å². The Balaban J connectivity index is 2.78. The molecule has 0 radical (unpaired) electrons. The predicted molar refractivity (Wildman–Crippen MR) is 87.5 cm³/mol. The van der Waals surface area contributed by atoms with Gasteiger partial charge in [-0.1, -0.05) is 6.58 Å². The number of hydrogen-bond donors (Lipinski definition) is 0. The molecular formula is C16H26O7S. The highest BCUT2D eigenvalue weighted by molar-refractivity contribution is 7.85. The van der Waals surface area contributed by atoms with Gasteiger partial charge in [-0.2, -0.15) is 8.42 Å². The van der Waals surface area contributed by atoms with Crippen LogP contribution in [0, 0.1) is 11.3 Å². The molecule has 0 bridgehead atoms. The Hall–Kier alpha value is -1.41. The lowest BCUT2D eigenvalue weighted by atomic mass is 9.91. The molecule has 1 aliphatic heterocycles. The molecule has 1 rings (SSSR count). The summed E-state index contributed by atoms with van der Waals surface area (Å²) in [7, 11) is -3.63. The number of carbonyl (C=O) groups excluding carboxylic acids is 2. The van der Waals surface area contributed by atoms with E-state index in [0.29, 0.717) is 12.0 Å². The quantitative estimate of drug-likeness (QED) is 0.387. The summed E-state index contributed by atoms with van der Waals surface area (Å²) in [5.41, 5.74) is -0.0103. The van der Waals surface area contributed by atoms with Crippen LogP contribution in [0.15, 0.2) is 12.2 Å². The SMILES string of the molecule is C=C(C)[C@H](C[C@@H]1CC(=O)O[C@@H]1COS(C)(=O)=O)OC(=O)C(C)(C)C. The van der Waals surface area contributed by atoms with E-state index in [2.05, 4.69) is 6.58 Å². The van der Waals surface area contributed by atoms with Crippen LogP contribution in [-0.2, 0) is 33.4 Å². The van der Waals surface area contributed by atoms with Gasteiger partial charge in [-0.25, -0.2) is 0 Å². The molecule has 1 fully saturated rings. The highest BCUT2D eigenvalue weighted by atomic mass is 32.2. The molecule has 1 heterocycles. The maximum atomic E-state index is 12.1. The lowest BCUT2D eigenvalue weighted by molar-refractivity contribution is -0.158. The van der Waals surface area contributed by atoms with Crippen LogP contribution in [0.2, 0.25) is 0 Å². The van der Waals surface area contributed by atoms with Crippen molar-refractivity contribution in [1.82, 2.24) is 0 Å². The first-order valence-electron chi connectivity index (χ1n) is 7.70. The highest BCUT2D eigenvalue weighted by Gasteiger charge is 2.38. The van der Waals surface area contributed by atoms with E-state index in [1.807, 2.05) is 0 Å². The van der Waals surface area contributed by atoms with E-state index >= 15 is 0 Å². The summed E-state index contributed by atoms with van der Waals surface area (Å²) in [4.78, 5) is 23.7. The van der Waals surface area contributed by atoms with Crippen molar-refractivity contribution >= 4 is 22.1 Å². The lowest BCUT2D eigenvalue weighted by Gasteiger charge is -2.26. The normalized spacial score (nSPS) is 22.8. The van der Waals surface area contributed by atoms with E-state index in [-0.39, 0.29) is 24.9 Å². The van der Waals surface area contributed by atoms with Crippen LogP contribution in [0.3, 0.4) is 0 Å². The minimum Gasteiger partial charge on any atom is -0.460 e. The van der Waals surface area contributed by atoms with E-state index in [9.17, 15) is 18.0 Å². The third-order valence-electron chi connectivity index (χ3n) is 3.61. The summed E-state index contributed by atoms with van der Waals surface area (Å²) in [5.74, 6) is -1.11. The summed E-state index contributed by atoms with van der Waals surface area (Å²) < 4.78 is 37.6. The first-order chi connectivity index (χ1) is 10.8. The molecule has 0 aliphatic carbocycles. The van der Waals surface area contributed by atoms with Crippen LogP contribution in [0.1, 0.15) is 40.5 Å². The second kappa shape index (κ2) is 7.65. The molecule has 0 aromatic heterocycles. The molecule has 138 valence electrons. The van der Waals surface area contributed by atoms with Crippen LogP contribution < -0.4 is 0 Å². The average Bonchev–Trinajstić information content (AvgIpc) is 2.73. The lowest BCUT2D eigenvalue weighted by Crippen LogP contribution is -2.32. The maximum absolute atomic E-state index is 12.1. The standard InChI is InChI=1S/C16H26O7S/c1-10(2)12(23-15(18)16(3,4)5)7-11-8-14(17)22-13(11)9-21-24(6,19)20/h11-13H,1,7-9H2,2-6H3/t11-,12+,13-/m1/s1. The van der Waals surface area contributed by atoms with Gasteiger partial charge in [-0.3, -0.25) is 13.8 Å². The second-order valence-electron chi connectivity index (χ2n) is 7.21. The molecule has 0 amide bonds. The summed E-state index contributed by atoms with van der Waals surface area (Å²) in [5, 5.41) is 0. The molecule has 0 N–H and O–H groups in total. The van der Waals surface area contributed by atoms with Crippen LogP contribution >= 0.6 is 0 Å². The number of cyclic esters (lactones) is 1. The van der Waals surface area contributed by atoms with Crippen LogP contribution in [-0.4, -0.2) is 45.4 Å². The summed E-state index contributed by atoms with van der Waals surface area (Å²) in [6, 6.07) is 0. The monoisotopic (exact) mass is 362 g/mol. The Bertz CT molecular complexity index is 600. The first kappa shape index (κ1) is 20.6. The minimum atomic E-state index is -3.63. The summed E-state index contributed by atoms with van der Waals surface area (Å²) >= 11 is 0. The molecule has 3 atom stereocenters. The average molecular weight is 362 g/mol. The van der Waals surface area contributed by atoms with Gasteiger partial charge in [0.2, 0.25) is 0 Å². The third kappa shape index (κ3) is 6.60. The van der Waals surface area contributed by atoms with Crippen molar-refractivity contribution < 1.29 is 31.7 Å². The summed E-state index contributed by atoms with van der Waals surface area (Å²) in [6.45, 7) is 10.6. The fraction of sp³-hybridized carbons (Fsp3) is 0.750. The third-order valence-corrected chi connectivity index (χ3v) is 4.18. The van der Waals surface area contributed by atoms with Crippen LogP contribution in [0.4, 0.5) is 0 Å². The Morgan fingerprint density at radius 3 is 2.46 bits per heavy atom. The number of rotatable bonds is 7. The molecule has 0 saturated carbocycles. The van der Waals surface area contributed by atoms with Crippen molar-refractivity contribution in [1.29, 1.82) is 0 Å². The van der Waals surface area contributed by atoms with E-state index < -0.39 is 33.7 Å². The predicted octanol–water partition coefficient (Wildman–Crippen LogP) is 1.82. The Labute approximate surface area is 143 Å². The van der Waals surface area contributed by atoms with E-state index in [0.717, 1.165) is 6.26 Å². The smallest absolute Gasteiger partial charge is 0.311 e. The molecule has 0 spiro atoms. The molecular weight excluding hydrogens is 336 g/mol. The Morgan fingerprint density at radius 2 is 2.00 bits per heavy atom. The first-order valence-corrected chi connectivity index (χ1v) is 9.51. The van der Waals surface area contributed by atoms with Crippen molar-refractivity contribution in [2.45, 2.75) is 52.7 Å². The van der Waals surface area contributed by atoms with E-state index in [4.69, 9.17) is 13.7 Å². The molecule has 0 aromatic rings. The maximum Gasteiger partial charge on any atom is 0.311 e. The number of hydrogen-bond acceptors (Lipinski definition) is 7. The zero-order valence-electron chi connectivity index (χ0n) is 14.8. The topological polar surface area (TPSA) is 96.0 Å². The van der Waals surface area contributed by atoms with Crippen molar-refractivity contribution in [3.05, 3.63) is 12.2 Å². The zero-order chi connectivity index (χ0) is 18.7. The van der Waals surface area contributed by atoms with Gasteiger partial charge < -0.3 is 9.47 Å². The van der Waals surface area contributed by atoms with Gasteiger partial charge in [-0.05, 0) is 39.7 Å². The molecule has 24 heavy (non-hydrogen) atoms. The molecule has 0 unspecified atom stereocenters. The van der Waals surface area contributed by atoms with Gasteiger partial charge in [-0.15, -0.1) is 0 Å². The minimum absolute atomic E-state index is 0.120. The van der Waals surface area contributed by atoms with Crippen molar-refractivity contribution in [2.75, 3.05) is 12.9 Å². The Morgan fingerprint density at radius 1 is 1.42 bits per heavy atom. The molecule has 1 saturated heterocycles. The van der Waals surface area contributed by atoms with Gasteiger partial charge in [0, 0.05) is 5.92 Å². The molecule has 7 nitrogen and oxygen atoms in total. The summed E-state index contributed by atoms with van der Waals surface area (Å²) in [6.07, 6.45) is 0.106. The number of esters is 2. The van der Waals surface area contributed by atoms with Gasteiger partial charge in [0.05, 0.1) is 18.1 Å². The fourth-order valence-electron chi connectivity index (χ4n) is 2.19. The van der Waals surface area contributed by atoms with E-state index in [1.165, 1.54) is 0 Å².